The molecule has 0 aliphatic rings. The Balaban J connectivity index is 3.95. The zero-order valence-corrected chi connectivity index (χ0v) is 7.49. The molecule has 4 heteroatoms. The maximum absolute atomic E-state index is 10.8. The first-order valence-corrected chi connectivity index (χ1v) is 4.16. The number of aliphatic hydroxyl groups is 1. The molecule has 12 heavy (non-hydrogen) atoms. The van der Waals surface area contributed by atoms with Crippen LogP contribution >= 0.6 is 0 Å². The lowest BCUT2D eigenvalue weighted by molar-refractivity contribution is -0.241. The van der Waals surface area contributed by atoms with E-state index in [4.69, 9.17) is 10.4 Å². The van der Waals surface area contributed by atoms with Gasteiger partial charge in [-0.05, 0) is 13.3 Å². The molecule has 72 valence electrons. The summed E-state index contributed by atoms with van der Waals surface area (Å²) in [4.78, 5) is 14.4. The van der Waals surface area contributed by atoms with E-state index in [1.165, 1.54) is 6.92 Å². The second-order valence-electron chi connectivity index (χ2n) is 2.90. The van der Waals surface area contributed by atoms with Gasteiger partial charge in [-0.25, -0.2) is 4.79 Å². The van der Waals surface area contributed by atoms with Gasteiger partial charge in [0.15, 0.2) is 0 Å². The molecule has 0 aliphatic carbocycles. The van der Waals surface area contributed by atoms with Crippen molar-refractivity contribution in [1.82, 2.24) is 0 Å². The minimum Gasteiger partial charge on any atom is -0.393 e. The highest BCUT2D eigenvalue weighted by Crippen LogP contribution is 2.14. The van der Waals surface area contributed by atoms with Crippen molar-refractivity contribution in [2.24, 2.45) is 5.92 Å². The third-order valence-corrected chi connectivity index (χ3v) is 1.84. The maximum atomic E-state index is 10.8. The van der Waals surface area contributed by atoms with Crippen LogP contribution in [0.3, 0.4) is 0 Å². The topological polar surface area (TPSA) is 66.8 Å². The first kappa shape index (κ1) is 11.4. The van der Waals surface area contributed by atoms with Crippen molar-refractivity contribution >= 4 is 5.97 Å². The Morgan fingerprint density at radius 3 is 2.50 bits per heavy atom. The summed E-state index contributed by atoms with van der Waals surface area (Å²) < 4.78 is 0. The molecule has 2 unspecified atom stereocenters. The van der Waals surface area contributed by atoms with Crippen molar-refractivity contribution in [3.63, 3.8) is 0 Å². The summed E-state index contributed by atoms with van der Waals surface area (Å²) in [5.41, 5.74) is 0. The van der Waals surface area contributed by atoms with Crippen LogP contribution in [-0.2, 0) is 9.68 Å². The van der Waals surface area contributed by atoms with Crippen LogP contribution in [0.15, 0.2) is 0 Å². The zero-order valence-electron chi connectivity index (χ0n) is 7.49. The van der Waals surface area contributed by atoms with Crippen molar-refractivity contribution in [2.45, 2.75) is 39.2 Å². The summed E-state index contributed by atoms with van der Waals surface area (Å²) >= 11 is 0. The van der Waals surface area contributed by atoms with Crippen LogP contribution in [0.1, 0.15) is 33.1 Å². The van der Waals surface area contributed by atoms with Crippen LogP contribution < -0.4 is 0 Å². The maximum Gasteiger partial charge on any atom is 0.347 e. The Labute approximate surface area is 72.1 Å². The number of carbonyl (C=O) groups is 1. The van der Waals surface area contributed by atoms with Crippen molar-refractivity contribution < 1.29 is 20.0 Å². The zero-order chi connectivity index (χ0) is 9.56. The van der Waals surface area contributed by atoms with Gasteiger partial charge in [-0.2, -0.15) is 5.26 Å². The molecule has 0 bridgehead atoms. The summed E-state index contributed by atoms with van der Waals surface area (Å²) in [6.07, 6.45) is 1.57. The van der Waals surface area contributed by atoms with Crippen LogP contribution in [0, 0.1) is 5.92 Å². The molecular weight excluding hydrogens is 160 g/mol. The Kier molecular flexibility index (Phi) is 5.66. The monoisotopic (exact) mass is 176 g/mol. The van der Waals surface area contributed by atoms with Gasteiger partial charge in [0.2, 0.25) is 0 Å². The standard InChI is InChI=1S/C8H16O4/c1-3-4-5-7(6(2)9)8(10)12-11/h6-7,9,11H,3-5H2,1-2H3. The van der Waals surface area contributed by atoms with Crippen LogP contribution in [-0.4, -0.2) is 22.4 Å². The van der Waals surface area contributed by atoms with Crippen LogP contribution in [0.4, 0.5) is 0 Å². The number of aliphatic hydroxyl groups excluding tert-OH is 1. The van der Waals surface area contributed by atoms with E-state index >= 15 is 0 Å². The average molecular weight is 176 g/mol. The van der Waals surface area contributed by atoms with Crippen molar-refractivity contribution in [3.8, 4) is 0 Å². The van der Waals surface area contributed by atoms with Crippen molar-refractivity contribution in [3.05, 3.63) is 0 Å². The minimum atomic E-state index is -0.767. The molecule has 0 aromatic carbocycles. The summed E-state index contributed by atoms with van der Waals surface area (Å²) in [6, 6.07) is 0. The predicted molar refractivity (Wildman–Crippen MR) is 43.4 cm³/mol. The number of carbonyl (C=O) groups excluding carboxylic acids is 1. The van der Waals surface area contributed by atoms with Crippen molar-refractivity contribution in [2.75, 3.05) is 0 Å². The van der Waals surface area contributed by atoms with Gasteiger partial charge >= 0.3 is 5.97 Å². The van der Waals surface area contributed by atoms with Gasteiger partial charge < -0.3 is 9.99 Å². The molecule has 2 N–H and O–H groups in total. The van der Waals surface area contributed by atoms with Crippen molar-refractivity contribution in [1.29, 1.82) is 0 Å². The molecule has 0 radical (unpaired) electrons. The summed E-state index contributed by atoms with van der Waals surface area (Å²) in [5, 5.41) is 17.2. The summed E-state index contributed by atoms with van der Waals surface area (Å²) in [5.74, 6) is -1.35. The molecule has 0 saturated carbocycles. The highest BCUT2D eigenvalue weighted by atomic mass is 17.1. The lowest BCUT2D eigenvalue weighted by Gasteiger charge is -2.15. The molecule has 0 aromatic rings. The average Bonchev–Trinajstić information content (AvgIpc) is 2.04. The van der Waals surface area contributed by atoms with Gasteiger partial charge in [0.25, 0.3) is 0 Å². The summed E-state index contributed by atoms with van der Waals surface area (Å²) in [7, 11) is 0. The molecule has 0 rings (SSSR count). The molecule has 0 fully saturated rings. The number of hydrogen-bond acceptors (Lipinski definition) is 4. The molecule has 0 aliphatic heterocycles. The Bertz CT molecular complexity index is 133. The Morgan fingerprint density at radius 2 is 2.17 bits per heavy atom. The third kappa shape index (κ3) is 3.69. The van der Waals surface area contributed by atoms with Gasteiger partial charge in [-0.15, -0.1) is 0 Å². The van der Waals surface area contributed by atoms with Crippen LogP contribution in [0.2, 0.25) is 0 Å². The fourth-order valence-corrected chi connectivity index (χ4v) is 1.05. The lowest BCUT2D eigenvalue weighted by Crippen LogP contribution is -2.27. The lowest BCUT2D eigenvalue weighted by atomic mass is 9.97. The molecule has 0 aromatic heterocycles. The highest BCUT2D eigenvalue weighted by Gasteiger charge is 2.24. The van der Waals surface area contributed by atoms with Gasteiger partial charge in [-0.3, -0.25) is 0 Å². The second kappa shape index (κ2) is 5.97. The highest BCUT2D eigenvalue weighted by molar-refractivity contribution is 5.72. The van der Waals surface area contributed by atoms with E-state index in [1.54, 1.807) is 0 Å². The first-order chi connectivity index (χ1) is 5.63. The molecule has 0 saturated heterocycles. The van der Waals surface area contributed by atoms with E-state index in [-0.39, 0.29) is 0 Å². The normalized spacial score (nSPS) is 15.3. The van der Waals surface area contributed by atoms with Gasteiger partial charge in [-0.1, -0.05) is 19.8 Å². The molecule has 2 atom stereocenters. The summed E-state index contributed by atoms with van der Waals surface area (Å²) in [6.45, 7) is 3.50. The number of unbranched alkanes of at least 4 members (excludes halogenated alkanes) is 1. The van der Waals surface area contributed by atoms with E-state index in [9.17, 15) is 4.79 Å². The molecule has 0 spiro atoms. The quantitative estimate of drug-likeness (QED) is 0.487. The number of rotatable bonds is 5. The largest absolute Gasteiger partial charge is 0.393 e. The third-order valence-electron chi connectivity index (χ3n) is 1.84. The molecular formula is C8H16O4. The smallest absolute Gasteiger partial charge is 0.347 e. The van der Waals surface area contributed by atoms with Crippen LogP contribution in [0.25, 0.3) is 0 Å². The fraction of sp³-hybridized carbons (Fsp3) is 0.875. The SMILES string of the molecule is CCCCC(C(=O)OO)C(C)O. The molecule has 0 heterocycles. The fourth-order valence-electron chi connectivity index (χ4n) is 1.05. The van der Waals surface area contributed by atoms with Gasteiger partial charge in [0.1, 0.15) is 0 Å². The predicted octanol–water partition coefficient (Wildman–Crippen LogP) is 1.19. The van der Waals surface area contributed by atoms with E-state index < -0.39 is 18.0 Å². The Morgan fingerprint density at radius 1 is 1.58 bits per heavy atom. The van der Waals surface area contributed by atoms with Gasteiger partial charge in [0, 0.05) is 0 Å². The van der Waals surface area contributed by atoms with E-state index in [0.717, 1.165) is 12.8 Å². The Hall–Kier alpha value is -0.610. The molecule has 4 nitrogen and oxygen atoms in total. The number of hydrogen-bond donors (Lipinski definition) is 2. The second-order valence-corrected chi connectivity index (χ2v) is 2.90. The van der Waals surface area contributed by atoms with E-state index in [1.807, 2.05) is 6.92 Å². The van der Waals surface area contributed by atoms with E-state index in [2.05, 4.69) is 4.89 Å². The minimum absolute atomic E-state index is 0.549. The van der Waals surface area contributed by atoms with Gasteiger partial charge in [0.05, 0.1) is 12.0 Å². The first-order valence-electron chi connectivity index (χ1n) is 4.16. The van der Waals surface area contributed by atoms with E-state index in [0.29, 0.717) is 6.42 Å². The van der Waals surface area contributed by atoms with Crippen LogP contribution in [0.5, 0.6) is 0 Å². The molecule has 0 amide bonds.